The van der Waals surface area contributed by atoms with Crippen molar-refractivity contribution in [2.45, 2.75) is 31.7 Å². The number of piperidine rings is 1. The van der Waals surface area contributed by atoms with E-state index in [2.05, 4.69) is 23.3 Å². The van der Waals surface area contributed by atoms with E-state index in [4.69, 9.17) is 5.11 Å². The molecule has 3 rings (SSSR count). The van der Waals surface area contributed by atoms with Gasteiger partial charge in [-0.1, -0.05) is 12.1 Å². The number of nitrogens with zero attached hydrogens (tertiary/aromatic N) is 3. The molecule has 1 unspecified atom stereocenters. The van der Waals surface area contributed by atoms with E-state index in [1.165, 1.54) is 5.56 Å². The summed E-state index contributed by atoms with van der Waals surface area (Å²) in [6.07, 6.45) is 2.84. The molecule has 1 amide bonds. The summed E-state index contributed by atoms with van der Waals surface area (Å²) in [4.78, 5) is 12.6. The van der Waals surface area contributed by atoms with Crippen LogP contribution in [0.4, 0.5) is 4.79 Å². The molecule has 1 aliphatic rings. The second-order valence-electron chi connectivity index (χ2n) is 5.63. The van der Waals surface area contributed by atoms with E-state index < -0.39 is 6.09 Å². The van der Waals surface area contributed by atoms with Crippen LogP contribution in [-0.4, -0.2) is 38.5 Å². The number of carboxylic acid groups (broad SMARTS) is 1. The standard InChI is InChI=1S/C15H19N3O2/c1-10-7-12(5-6-18(10)15(19)20)11-3-4-13-9-16-17(2)14(13)8-11/h3-4,8-10,12H,5-7H2,1-2H3,(H,19,20)/t10-,12?/m0/s1. The van der Waals surface area contributed by atoms with E-state index in [9.17, 15) is 4.79 Å². The maximum Gasteiger partial charge on any atom is 0.407 e. The van der Waals surface area contributed by atoms with Gasteiger partial charge in [0.15, 0.2) is 0 Å². The number of likely N-dealkylation sites (tertiary alicyclic amines) is 1. The molecule has 1 aromatic carbocycles. The molecule has 0 aliphatic carbocycles. The maximum absolute atomic E-state index is 11.1. The zero-order chi connectivity index (χ0) is 14.3. The van der Waals surface area contributed by atoms with Crippen LogP contribution < -0.4 is 0 Å². The largest absolute Gasteiger partial charge is 0.465 e. The SMILES string of the molecule is C[C@H]1CC(c2ccc3cnn(C)c3c2)CCN1C(=O)O. The first-order chi connectivity index (χ1) is 9.56. The summed E-state index contributed by atoms with van der Waals surface area (Å²) < 4.78 is 1.88. The molecule has 5 nitrogen and oxygen atoms in total. The Balaban J connectivity index is 1.85. The van der Waals surface area contributed by atoms with Crippen LogP contribution in [0.15, 0.2) is 24.4 Å². The normalized spacial score (nSPS) is 23.2. The molecular formula is C15H19N3O2. The Morgan fingerprint density at radius 3 is 2.95 bits per heavy atom. The fourth-order valence-electron chi connectivity index (χ4n) is 3.17. The van der Waals surface area contributed by atoms with E-state index in [0.717, 1.165) is 23.7 Å². The Hall–Kier alpha value is -2.04. The summed E-state index contributed by atoms with van der Waals surface area (Å²) in [5.74, 6) is 0.430. The molecule has 5 heteroatoms. The van der Waals surface area contributed by atoms with Gasteiger partial charge >= 0.3 is 6.09 Å². The van der Waals surface area contributed by atoms with E-state index in [-0.39, 0.29) is 6.04 Å². The predicted octanol–water partition coefficient (Wildman–Crippen LogP) is 2.82. The fraction of sp³-hybridized carbons (Fsp3) is 0.467. The van der Waals surface area contributed by atoms with Crippen molar-refractivity contribution in [3.63, 3.8) is 0 Å². The maximum atomic E-state index is 11.1. The lowest BCUT2D eigenvalue weighted by Gasteiger charge is -2.36. The minimum absolute atomic E-state index is 0.0773. The number of rotatable bonds is 1. The average molecular weight is 273 g/mol. The van der Waals surface area contributed by atoms with Crippen molar-refractivity contribution in [2.24, 2.45) is 7.05 Å². The highest BCUT2D eigenvalue weighted by Gasteiger charge is 2.29. The topological polar surface area (TPSA) is 58.4 Å². The highest BCUT2D eigenvalue weighted by atomic mass is 16.4. The third kappa shape index (κ3) is 2.13. The summed E-state index contributed by atoms with van der Waals surface area (Å²) in [6.45, 7) is 2.60. The Morgan fingerprint density at radius 1 is 1.45 bits per heavy atom. The molecule has 0 bridgehead atoms. The van der Waals surface area contributed by atoms with Crippen molar-refractivity contribution in [1.82, 2.24) is 14.7 Å². The molecule has 20 heavy (non-hydrogen) atoms. The molecular weight excluding hydrogens is 254 g/mol. The Morgan fingerprint density at radius 2 is 2.25 bits per heavy atom. The highest BCUT2D eigenvalue weighted by molar-refractivity contribution is 5.79. The van der Waals surface area contributed by atoms with Gasteiger partial charge in [0.05, 0.1) is 11.7 Å². The summed E-state index contributed by atoms with van der Waals surface area (Å²) in [5, 5.41) is 14.5. The van der Waals surface area contributed by atoms with E-state index >= 15 is 0 Å². The first-order valence-corrected chi connectivity index (χ1v) is 6.97. The van der Waals surface area contributed by atoms with Crippen molar-refractivity contribution in [2.75, 3.05) is 6.54 Å². The zero-order valence-corrected chi connectivity index (χ0v) is 11.8. The number of aryl methyl sites for hydroxylation is 1. The number of aromatic nitrogens is 2. The third-order valence-electron chi connectivity index (χ3n) is 4.37. The average Bonchev–Trinajstić information content (AvgIpc) is 2.79. The van der Waals surface area contributed by atoms with Gasteiger partial charge in [-0.15, -0.1) is 0 Å². The van der Waals surface area contributed by atoms with Crippen molar-refractivity contribution >= 4 is 17.0 Å². The summed E-state index contributed by atoms with van der Waals surface area (Å²) >= 11 is 0. The van der Waals surface area contributed by atoms with Gasteiger partial charge in [-0.05, 0) is 37.3 Å². The monoisotopic (exact) mass is 273 g/mol. The molecule has 1 aromatic heterocycles. The summed E-state index contributed by atoms with van der Waals surface area (Å²) in [7, 11) is 1.95. The minimum atomic E-state index is -0.807. The van der Waals surface area contributed by atoms with Crippen LogP contribution in [0.25, 0.3) is 10.9 Å². The number of benzene rings is 1. The number of hydrogen-bond acceptors (Lipinski definition) is 2. The Kier molecular flexibility index (Phi) is 3.12. The van der Waals surface area contributed by atoms with Crippen LogP contribution >= 0.6 is 0 Å². The highest BCUT2D eigenvalue weighted by Crippen LogP contribution is 2.32. The van der Waals surface area contributed by atoms with Crippen LogP contribution in [0.2, 0.25) is 0 Å². The van der Waals surface area contributed by atoms with E-state index in [1.807, 2.05) is 24.9 Å². The fourth-order valence-corrected chi connectivity index (χ4v) is 3.17. The van der Waals surface area contributed by atoms with Crippen LogP contribution in [0.1, 0.15) is 31.2 Å². The van der Waals surface area contributed by atoms with E-state index in [1.54, 1.807) is 4.90 Å². The molecule has 1 aliphatic heterocycles. The number of fused-ring (bicyclic) bond motifs is 1. The molecule has 106 valence electrons. The molecule has 2 aromatic rings. The number of carbonyl (C=O) groups is 1. The second kappa shape index (κ2) is 4.81. The molecule has 2 heterocycles. The molecule has 0 radical (unpaired) electrons. The summed E-state index contributed by atoms with van der Waals surface area (Å²) in [6, 6.07) is 6.52. The van der Waals surface area contributed by atoms with Crippen molar-refractivity contribution in [3.05, 3.63) is 30.0 Å². The van der Waals surface area contributed by atoms with Crippen molar-refractivity contribution in [1.29, 1.82) is 0 Å². The van der Waals surface area contributed by atoms with Gasteiger partial charge in [0.25, 0.3) is 0 Å². The van der Waals surface area contributed by atoms with Crippen molar-refractivity contribution < 1.29 is 9.90 Å². The van der Waals surface area contributed by atoms with Gasteiger partial charge in [0, 0.05) is 25.0 Å². The number of hydrogen-bond donors (Lipinski definition) is 1. The predicted molar refractivity (Wildman–Crippen MR) is 76.9 cm³/mol. The van der Waals surface area contributed by atoms with Crippen LogP contribution in [0.5, 0.6) is 0 Å². The van der Waals surface area contributed by atoms with Gasteiger partial charge in [0.2, 0.25) is 0 Å². The van der Waals surface area contributed by atoms with E-state index in [0.29, 0.717) is 12.5 Å². The number of amides is 1. The van der Waals surface area contributed by atoms with Gasteiger partial charge in [-0.25, -0.2) is 4.79 Å². The molecule has 1 saturated heterocycles. The zero-order valence-electron chi connectivity index (χ0n) is 11.8. The van der Waals surface area contributed by atoms with Gasteiger partial charge in [-0.3, -0.25) is 4.68 Å². The molecule has 1 fully saturated rings. The quantitative estimate of drug-likeness (QED) is 0.869. The summed E-state index contributed by atoms with van der Waals surface area (Å²) in [5.41, 5.74) is 2.42. The lowest BCUT2D eigenvalue weighted by molar-refractivity contribution is 0.107. The lowest BCUT2D eigenvalue weighted by atomic mass is 9.86. The smallest absolute Gasteiger partial charge is 0.407 e. The van der Waals surface area contributed by atoms with Gasteiger partial charge < -0.3 is 10.0 Å². The van der Waals surface area contributed by atoms with Gasteiger partial charge in [0.1, 0.15) is 0 Å². The Bertz CT molecular complexity index is 650. The first-order valence-electron chi connectivity index (χ1n) is 6.97. The molecule has 2 atom stereocenters. The Labute approximate surface area is 117 Å². The lowest BCUT2D eigenvalue weighted by Crippen LogP contribution is -2.43. The van der Waals surface area contributed by atoms with Crippen LogP contribution in [0.3, 0.4) is 0 Å². The first kappa shape index (κ1) is 13.0. The van der Waals surface area contributed by atoms with Gasteiger partial charge in [-0.2, -0.15) is 5.10 Å². The minimum Gasteiger partial charge on any atom is -0.465 e. The van der Waals surface area contributed by atoms with Crippen molar-refractivity contribution in [3.8, 4) is 0 Å². The second-order valence-corrected chi connectivity index (χ2v) is 5.63. The third-order valence-corrected chi connectivity index (χ3v) is 4.37. The molecule has 0 spiro atoms. The molecule has 1 N–H and O–H groups in total. The molecule has 0 saturated carbocycles. The van der Waals surface area contributed by atoms with Crippen LogP contribution in [-0.2, 0) is 7.05 Å². The van der Waals surface area contributed by atoms with Crippen LogP contribution in [0, 0.1) is 0 Å².